The monoisotopic (exact) mass is 243 g/mol. The van der Waals surface area contributed by atoms with E-state index in [0.29, 0.717) is 12.0 Å². The van der Waals surface area contributed by atoms with Crippen LogP contribution in [0.1, 0.15) is 47.0 Å². The van der Waals surface area contributed by atoms with Crippen molar-refractivity contribution in [1.29, 1.82) is 0 Å². The number of hydrogen-bond donors (Lipinski definition) is 1. The molecule has 1 unspecified atom stereocenters. The first-order valence-corrected chi connectivity index (χ1v) is 6.95. The van der Waals surface area contributed by atoms with Crippen LogP contribution in [0.4, 0.5) is 0 Å². The van der Waals surface area contributed by atoms with Gasteiger partial charge >= 0.3 is 0 Å². The molecule has 0 saturated carbocycles. The number of ether oxygens (including phenoxy) is 2. The minimum Gasteiger partial charge on any atom is -0.381 e. The van der Waals surface area contributed by atoms with E-state index in [0.717, 1.165) is 45.6 Å². The van der Waals surface area contributed by atoms with Gasteiger partial charge in [0.15, 0.2) is 0 Å². The van der Waals surface area contributed by atoms with Gasteiger partial charge in [0.05, 0.1) is 5.60 Å². The fourth-order valence-electron chi connectivity index (χ4n) is 2.21. The van der Waals surface area contributed by atoms with Gasteiger partial charge in [0.2, 0.25) is 0 Å². The van der Waals surface area contributed by atoms with E-state index in [-0.39, 0.29) is 5.60 Å². The van der Waals surface area contributed by atoms with E-state index >= 15 is 0 Å². The fraction of sp³-hybridized carbons (Fsp3) is 1.00. The lowest BCUT2D eigenvalue weighted by atomic mass is 9.94. The standard InChI is InChI=1S/C14H29NO2/c1-12(2)11-16-8-5-7-15-13-6-9-17-14(3,4)10-13/h12-13,15H,5-11H2,1-4H3. The summed E-state index contributed by atoms with van der Waals surface area (Å²) >= 11 is 0. The van der Waals surface area contributed by atoms with Crippen LogP contribution in [0.3, 0.4) is 0 Å². The molecule has 1 heterocycles. The van der Waals surface area contributed by atoms with Crippen LogP contribution >= 0.6 is 0 Å². The van der Waals surface area contributed by atoms with Crippen LogP contribution in [0.15, 0.2) is 0 Å². The van der Waals surface area contributed by atoms with Gasteiger partial charge in [-0.1, -0.05) is 13.8 Å². The van der Waals surface area contributed by atoms with Crippen molar-refractivity contribution in [2.45, 2.75) is 58.6 Å². The topological polar surface area (TPSA) is 30.5 Å². The highest BCUT2D eigenvalue weighted by atomic mass is 16.5. The van der Waals surface area contributed by atoms with Gasteiger partial charge in [0.25, 0.3) is 0 Å². The largest absolute Gasteiger partial charge is 0.381 e. The summed E-state index contributed by atoms with van der Waals surface area (Å²) in [5, 5.41) is 3.61. The van der Waals surface area contributed by atoms with Crippen molar-refractivity contribution in [3.05, 3.63) is 0 Å². The lowest BCUT2D eigenvalue weighted by Crippen LogP contribution is -2.44. The molecule has 1 fully saturated rings. The van der Waals surface area contributed by atoms with Crippen molar-refractivity contribution in [2.24, 2.45) is 5.92 Å². The summed E-state index contributed by atoms with van der Waals surface area (Å²) in [5.74, 6) is 0.638. The molecule has 0 aromatic rings. The zero-order chi connectivity index (χ0) is 12.7. The Balaban J connectivity index is 1.99. The van der Waals surface area contributed by atoms with Gasteiger partial charge in [-0.25, -0.2) is 0 Å². The third kappa shape index (κ3) is 7.02. The minimum atomic E-state index is 0.0457. The molecule has 1 aliphatic heterocycles. The maximum atomic E-state index is 5.70. The highest BCUT2D eigenvalue weighted by Crippen LogP contribution is 2.23. The van der Waals surface area contributed by atoms with E-state index in [9.17, 15) is 0 Å². The second-order valence-electron chi connectivity index (χ2n) is 6.07. The van der Waals surface area contributed by atoms with E-state index in [4.69, 9.17) is 9.47 Å². The predicted octanol–water partition coefficient (Wildman–Crippen LogP) is 2.60. The van der Waals surface area contributed by atoms with Crippen LogP contribution in [0, 0.1) is 5.92 Å². The Kier molecular flexibility index (Phi) is 6.45. The molecule has 102 valence electrons. The van der Waals surface area contributed by atoms with Crippen molar-refractivity contribution in [1.82, 2.24) is 5.32 Å². The van der Waals surface area contributed by atoms with E-state index in [1.54, 1.807) is 0 Å². The second kappa shape index (κ2) is 7.34. The molecule has 0 aromatic carbocycles. The molecule has 3 nitrogen and oxygen atoms in total. The summed E-state index contributed by atoms with van der Waals surface area (Å²) in [6, 6.07) is 0.615. The Hall–Kier alpha value is -0.120. The lowest BCUT2D eigenvalue weighted by molar-refractivity contribution is -0.0629. The van der Waals surface area contributed by atoms with Crippen molar-refractivity contribution in [3.8, 4) is 0 Å². The molecule has 0 aliphatic carbocycles. The van der Waals surface area contributed by atoms with Crippen LogP contribution in [-0.4, -0.2) is 38.0 Å². The molecular weight excluding hydrogens is 214 g/mol. The molecule has 1 rings (SSSR count). The van der Waals surface area contributed by atoms with E-state index in [1.165, 1.54) is 0 Å². The van der Waals surface area contributed by atoms with Crippen LogP contribution in [0.2, 0.25) is 0 Å². The summed E-state index contributed by atoms with van der Waals surface area (Å²) < 4.78 is 11.3. The molecule has 1 atom stereocenters. The van der Waals surface area contributed by atoms with Crippen LogP contribution in [0.25, 0.3) is 0 Å². The molecule has 17 heavy (non-hydrogen) atoms. The van der Waals surface area contributed by atoms with E-state index in [2.05, 4.69) is 33.0 Å². The van der Waals surface area contributed by atoms with E-state index in [1.807, 2.05) is 0 Å². The van der Waals surface area contributed by atoms with Gasteiger partial charge in [0.1, 0.15) is 0 Å². The van der Waals surface area contributed by atoms with Gasteiger partial charge in [0, 0.05) is 25.9 Å². The first-order chi connectivity index (χ1) is 7.99. The third-order valence-electron chi connectivity index (χ3n) is 3.05. The van der Waals surface area contributed by atoms with Crippen LogP contribution in [-0.2, 0) is 9.47 Å². The molecule has 0 radical (unpaired) electrons. The summed E-state index contributed by atoms with van der Waals surface area (Å²) in [5.41, 5.74) is 0.0457. The van der Waals surface area contributed by atoms with Gasteiger partial charge in [-0.2, -0.15) is 0 Å². The van der Waals surface area contributed by atoms with Gasteiger partial charge in [-0.3, -0.25) is 0 Å². The van der Waals surface area contributed by atoms with Crippen molar-refractivity contribution in [2.75, 3.05) is 26.4 Å². The van der Waals surface area contributed by atoms with Gasteiger partial charge < -0.3 is 14.8 Å². The number of rotatable bonds is 7. The lowest BCUT2D eigenvalue weighted by Gasteiger charge is -2.36. The SMILES string of the molecule is CC(C)COCCCNC1CCOC(C)(C)C1. The molecule has 0 aromatic heterocycles. The average molecular weight is 243 g/mol. The summed E-state index contributed by atoms with van der Waals surface area (Å²) in [6.07, 6.45) is 3.35. The molecule has 1 N–H and O–H groups in total. The highest BCUT2D eigenvalue weighted by molar-refractivity contribution is 4.82. The normalized spacial score (nSPS) is 24.2. The molecule has 1 saturated heterocycles. The second-order valence-corrected chi connectivity index (χ2v) is 6.07. The Bertz CT molecular complexity index is 204. The molecule has 0 bridgehead atoms. The van der Waals surface area contributed by atoms with Crippen LogP contribution < -0.4 is 5.32 Å². The number of nitrogens with one attached hydrogen (secondary N) is 1. The van der Waals surface area contributed by atoms with Crippen LogP contribution in [0.5, 0.6) is 0 Å². The Morgan fingerprint density at radius 3 is 2.82 bits per heavy atom. The minimum absolute atomic E-state index is 0.0457. The number of hydrogen-bond acceptors (Lipinski definition) is 3. The Morgan fingerprint density at radius 2 is 2.18 bits per heavy atom. The van der Waals surface area contributed by atoms with Gasteiger partial charge in [-0.05, 0) is 45.6 Å². The Labute approximate surface area is 106 Å². The molecule has 3 heteroatoms. The van der Waals surface area contributed by atoms with E-state index < -0.39 is 0 Å². The molecular formula is C14H29NO2. The third-order valence-corrected chi connectivity index (χ3v) is 3.05. The van der Waals surface area contributed by atoms with Gasteiger partial charge in [-0.15, -0.1) is 0 Å². The maximum Gasteiger partial charge on any atom is 0.0641 e. The quantitative estimate of drug-likeness (QED) is 0.697. The summed E-state index contributed by atoms with van der Waals surface area (Å²) in [7, 11) is 0. The van der Waals surface area contributed by atoms with Crippen molar-refractivity contribution < 1.29 is 9.47 Å². The molecule has 1 aliphatic rings. The summed E-state index contributed by atoms with van der Waals surface area (Å²) in [4.78, 5) is 0. The van der Waals surface area contributed by atoms with Crippen molar-refractivity contribution >= 4 is 0 Å². The predicted molar refractivity (Wildman–Crippen MR) is 71.3 cm³/mol. The maximum absolute atomic E-state index is 5.70. The average Bonchev–Trinajstić information content (AvgIpc) is 2.21. The fourth-order valence-corrected chi connectivity index (χ4v) is 2.21. The first kappa shape index (κ1) is 14.9. The zero-order valence-electron chi connectivity index (χ0n) is 11.9. The zero-order valence-corrected chi connectivity index (χ0v) is 11.9. The Morgan fingerprint density at radius 1 is 1.41 bits per heavy atom. The highest BCUT2D eigenvalue weighted by Gasteiger charge is 2.28. The molecule has 0 amide bonds. The smallest absolute Gasteiger partial charge is 0.0641 e. The molecule has 0 spiro atoms. The first-order valence-electron chi connectivity index (χ1n) is 6.95. The van der Waals surface area contributed by atoms with Crippen molar-refractivity contribution in [3.63, 3.8) is 0 Å². The summed E-state index contributed by atoms with van der Waals surface area (Å²) in [6.45, 7) is 12.4.